The summed E-state index contributed by atoms with van der Waals surface area (Å²) in [5.41, 5.74) is 1.43. The van der Waals surface area contributed by atoms with Gasteiger partial charge in [-0.1, -0.05) is 67.7 Å². The first-order valence-corrected chi connectivity index (χ1v) is 5.10. The van der Waals surface area contributed by atoms with Crippen LogP contribution in [-0.2, 0) is 0 Å². The Labute approximate surface area is 88.0 Å². The van der Waals surface area contributed by atoms with Gasteiger partial charge in [-0.15, -0.1) is 0 Å². The second kappa shape index (κ2) is 9.79. The van der Waals surface area contributed by atoms with Crippen molar-refractivity contribution in [2.75, 3.05) is 0 Å². The van der Waals surface area contributed by atoms with Crippen LogP contribution in [0.2, 0.25) is 0 Å². The molecular weight excluding hydrogens is 168 g/mol. The molecule has 0 rings (SSSR count). The van der Waals surface area contributed by atoms with Gasteiger partial charge in [0.1, 0.15) is 0 Å². The first-order valence-electron chi connectivity index (χ1n) is 5.10. The van der Waals surface area contributed by atoms with E-state index in [1.807, 2.05) is 31.2 Å². The molecule has 14 heavy (non-hydrogen) atoms. The second-order valence-electron chi connectivity index (χ2n) is 2.96. The molecule has 0 aromatic heterocycles. The van der Waals surface area contributed by atoms with E-state index in [1.165, 1.54) is 5.57 Å². The molecule has 0 aliphatic carbocycles. The standard InChI is InChI=1S/C14H20/c1-4-7-9-11-13-14(6-3)12-10-8-5-2/h4-5,7-12H,2,6,13H2,1,3H3/b7-4?,10-8-,11-9-,14-12+. The van der Waals surface area contributed by atoms with E-state index in [-0.39, 0.29) is 0 Å². The lowest BCUT2D eigenvalue weighted by Gasteiger charge is -1.96. The van der Waals surface area contributed by atoms with Crippen molar-refractivity contribution in [3.63, 3.8) is 0 Å². The van der Waals surface area contributed by atoms with Gasteiger partial charge in [0.25, 0.3) is 0 Å². The van der Waals surface area contributed by atoms with Crippen LogP contribution in [-0.4, -0.2) is 0 Å². The van der Waals surface area contributed by atoms with Crippen LogP contribution in [0.4, 0.5) is 0 Å². The van der Waals surface area contributed by atoms with Crippen molar-refractivity contribution >= 4 is 0 Å². The highest BCUT2D eigenvalue weighted by Gasteiger charge is 1.87. The zero-order valence-corrected chi connectivity index (χ0v) is 9.24. The minimum Gasteiger partial charge on any atom is -0.0991 e. The highest BCUT2D eigenvalue weighted by Crippen LogP contribution is 2.07. The van der Waals surface area contributed by atoms with E-state index in [0.717, 1.165) is 12.8 Å². The van der Waals surface area contributed by atoms with Crippen molar-refractivity contribution in [3.8, 4) is 0 Å². The number of hydrogen-bond donors (Lipinski definition) is 0. The highest BCUT2D eigenvalue weighted by molar-refractivity contribution is 5.18. The summed E-state index contributed by atoms with van der Waals surface area (Å²) in [6, 6.07) is 0. The fourth-order valence-electron chi connectivity index (χ4n) is 1.01. The first kappa shape index (κ1) is 12.7. The lowest BCUT2D eigenvalue weighted by Crippen LogP contribution is -1.76. The lowest BCUT2D eigenvalue weighted by atomic mass is 10.1. The molecule has 0 heterocycles. The highest BCUT2D eigenvalue weighted by atomic mass is 13.9. The van der Waals surface area contributed by atoms with Crippen molar-refractivity contribution < 1.29 is 0 Å². The normalized spacial score (nSPS) is 13.4. The Kier molecular flexibility index (Phi) is 8.88. The Bertz CT molecular complexity index is 249. The average Bonchev–Trinajstić information content (AvgIpc) is 2.22. The summed E-state index contributed by atoms with van der Waals surface area (Å²) < 4.78 is 0. The van der Waals surface area contributed by atoms with Crippen molar-refractivity contribution in [1.29, 1.82) is 0 Å². The third kappa shape index (κ3) is 7.35. The molecule has 0 heteroatoms. The van der Waals surface area contributed by atoms with Gasteiger partial charge in [0.05, 0.1) is 0 Å². The fraction of sp³-hybridized carbons (Fsp3) is 0.286. The summed E-state index contributed by atoms with van der Waals surface area (Å²) in [5.74, 6) is 0. The first-order chi connectivity index (χ1) is 6.85. The van der Waals surface area contributed by atoms with E-state index in [1.54, 1.807) is 6.08 Å². The van der Waals surface area contributed by atoms with E-state index < -0.39 is 0 Å². The van der Waals surface area contributed by atoms with E-state index in [0.29, 0.717) is 0 Å². The topological polar surface area (TPSA) is 0 Å². The molecule has 0 aromatic carbocycles. The Morgan fingerprint density at radius 1 is 1.14 bits per heavy atom. The van der Waals surface area contributed by atoms with Gasteiger partial charge in [0.15, 0.2) is 0 Å². The minimum absolute atomic E-state index is 1.03. The summed E-state index contributed by atoms with van der Waals surface area (Å²) in [7, 11) is 0. The molecule has 76 valence electrons. The lowest BCUT2D eigenvalue weighted by molar-refractivity contribution is 1.03. The Morgan fingerprint density at radius 2 is 1.93 bits per heavy atom. The molecule has 0 nitrogen and oxygen atoms in total. The van der Waals surface area contributed by atoms with Crippen LogP contribution in [0.3, 0.4) is 0 Å². The Balaban J connectivity index is 4.08. The molecule has 0 aliphatic heterocycles. The summed E-state index contributed by atoms with van der Waals surface area (Å²) >= 11 is 0. The molecule has 0 unspecified atom stereocenters. The molecule has 0 radical (unpaired) electrons. The SMILES string of the molecule is C=C/C=C\C=C(/CC)C/C=C\C=CC. The van der Waals surface area contributed by atoms with Crippen molar-refractivity contribution in [2.45, 2.75) is 26.7 Å². The molecule has 0 N–H and O–H groups in total. The fourth-order valence-corrected chi connectivity index (χ4v) is 1.01. The van der Waals surface area contributed by atoms with Gasteiger partial charge in [-0.25, -0.2) is 0 Å². The number of hydrogen-bond acceptors (Lipinski definition) is 0. The summed E-state index contributed by atoms with van der Waals surface area (Å²) in [4.78, 5) is 0. The summed E-state index contributed by atoms with van der Waals surface area (Å²) in [6.45, 7) is 7.83. The van der Waals surface area contributed by atoms with E-state index >= 15 is 0 Å². The van der Waals surface area contributed by atoms with Crippen LogP contribution in [0.1, 0.15) is 26.7 Å². The maximum absolute atomic E-state index is 3.63. The van der Waals surface area contributed by atoms with Gasteiger partial charge in [-0.2, -0.15) is 0 Å². The number of rotatable bonds is 6. The molecule has 0 aromatic rings. The second-order valence-corrected chi connectivity index (χ2v) is 2.96. The van der Waals surface area contributed by atoms with Crippen LogP contribution >= 0.6 is 0 Å². The van der Waals surface area contributed by atoms with Gasteiger partial charge >= 0.3 is 0 Å². The van der Waals surface area contributed by atoms with Gasteiger partial charge in [-0.05, 0) is 19.8 Å². The van der Waals surface area contributed by atoms with Crippen molar-refractivity contribution in [1.82, 2.24) is 0 Å². The maximum Gasteiger partial charge on any atom is -0.0133 e. The van der Waals surface area contributed by atoms with Crippen LogP contribution in [0, 0.1) is 0 Å². The molecule has 0 saturated heterocycles. The van der Waals surface area contributed by atoms with Crippen LogP contribution in [0.15, 0.2) is 60.8 Å². The van der Waals surface area contributed by atoms with Crippen molar-refractivity contribution in [3.05, 3.63) is 60.8 Å². The molecule has 0 spiro atoms. The van der Waals surface area contributed by atoms with Crippen LogP contribution in [0.5, 0.6) is 0 Å². The third-order valence-electron chi connectivity index (χ3n) is 1.85. The quantitative estimate of drug-likeness (QED) is 0.535. The summed E-state index contributed by atoms with van der Waals surface area (Å²) in [5, 5.41) is 0. The largest absolute Gasteiger partial charge is 0.0991 e. The number of allylic oxidation sites excluding steroid dienone is 9. The average molecular weight is 188 g/mol. The minimum atomic E-state index is 1.03. The van der Waals surface area contributed by atoms with Gasteiger partial charge in [0, 0.05) is 0 Å². The monoisotopic (exact) mass is 188 g/mol. The summed E-state index contributed by atoms with van der Waals surface area (Å²) in [6.07, 6.45) is 18.4. The maximum atomic E-state index is 3.63. The predicted molar refractivity (Wildman–Crippen MR) is 66.3 cm³/mol. The van der Waals surface area contributed by atoms with Crippen LogP contribution < -0.4 is 0 Å². The van der Waals surface area contributed by atoms with E-state index in [4.69, 9.17) is 0 Å². The molecule has 0 fully saturated rings. The van der Waals surface area contributed by atoms with Crippen molar-refractivity contribution in [2.24, 2.45) is 0 Å². The molecule has 0 atom stereocenters. The van der Waals surface area contributed by atoms with E-state index in [9.17, 15) is 0 Å². The zero-order valence-electron chi connectivity index (χ0n) is 9.24. The molecular formula is C14H20. The van der Waals surface area contributed by atoms with Gasteiger partial charge in [0.2, 0.25) is 0 Å². The smallest absolute Gasteiger partial charge is 0.0133 e. The van der Waals surface area contributed by atoms with Crippen LogP contribution in [0.25, 0.3) is 0 Å². The zero-order chi connectivity index (χ0) is 10.6. The molecule has 0 bridgehead atoms. The predicted octanol–water partition coefficient (Wildman–Crippen LogP) is 4.59. The molecule has 0 amide bonds. The van der Waals surface area contributed by atoms with Gasteiger partial charge in [-0.3, -0.25) is 0 Å². The van der Waals surface area contributed by atoms with E-state index in [2.05, 4.69) is 31.7 Å². The third-order valence-corrected chi connectivity index (χ3v) is 1.85. The molecule has 0 aliphatic rings. The Hall–Kier alpha value is -1.30. The molecule has 0 saturated carbocycles. The van der Waals surface area contributed by atoms with Gasteiger partial charge < -0.3 is 0 Å². The Morgan fingerprint density at radius 3 is 2.50 bits per heavy atom.